The number of methoxy groups -OCH3 is 1. The highest BCUT2D eigenvalue weighted by molar-refractivity contribution is 5.76. The van der Waals surface area contributed by atoms with Gasteiger partial charge >= 0.3 is 5.97 Å². The number of hydrogen-bond donors (Lipinski definition) is 2. The van der Waals surface area contributed by atoms with Crippen LogP contribution in [-0.2, 0) is 28.7 Å². The van der Waals surface area contributed by atoms with Crippen molar-refractivity contribution in [1.29, 1.82) is 0 Å². The average Bonchev–Trinajstić information content (AvgIpc) is 2.87. The van der Waals surface area contributed by atoms with Crippen molar-refractivity contribution in [2.75, 3.05) is 27.0 Å². The number of carbonyl (C=O) groups excluding carboxylic acids is 4. The summed E-state index contributed by atoms with van der Waals surface area (Å²) < 4.78 is 9.52. The number of nitrogens with one attached hydrogen (secondary N) is 2. The highest BCUT2D eigenvalue weighted by Crippen LogP contribution is 2.10. The van der Waals surface area contributed by atoms with E-state index in [0.717, 1.165) is 83.6 Å². The Morgan fingerprint density at radius 1 is 0.514 bits per heavy atom. The summed E-state index contributed by atoms with van der Waals surface area (Å²) in [5.41, 5.74) is 0. The topological polar surface area (TPSA) is 111 Å². The summed E-state index contributed by atoms with van der Waals surface area (Å²) in [6.07, 6.45) is 18.8. The van der Waals surface area contributed by atoms with Crippen LogP contribution < -0.4 is 10.6 Å². The number of rotatable bonds is 27. The molecule has 0 saturated carbocycles. The highest BCUT2D eigenvalue weighted by Gasteiger charge is 2.04. The van der Waals surface area contributed by atoms with E-state index in [4.69, 9.17) is 4.74 Å². The molecule has 0 aliphatic rings. The molecule has 0 aliphatic heterocycles. The molecule has 0 heterocycles. The van der Waals surface area contributed by atoms with Crippen LogP contribution in [0.3, 0.4) is 0 Å². The molecule has 0 aromatic heterocycles. The predicted octanol–water partition coefficient (Wildman–Crippen LogP) is 5.76. The van der Waals surface area contributed by atoms with Crippen LogP contribution >= 0.6 is 0 Å². The minimum absolute atomic E-state index is 0.0142. The van der Waals surface area contributed by atoms with Gasteiger partial charge < -0.3 is 24.9 Å². The number of ketones is 1. The van der Waals surface area contributed by atoms with E-state index >= 15 is 0 Å². The summed E-state index contributed by atoms with van der Waals surface area (Å²) in [5.74, 6) is 0.304. The van der Waals surface area contributed by atoms with Crippen LogP contribution in [0.1, 0.15) is 135 Å². The molecule has 2 N–H and O–H groups in total. The first-order valence-electron chi connectivity index (χ1n) is 14.6. The van der Waals surface area contributed by atoms with Crippen molar-refractivity contribution in [2.24, 2.45) is 0 Å². The maximum absolute atomic E-state index is 11.9. The third-order valence-corrected chi connectivity index (χ3v) is 6.30. The molecule has 37 heavy (non-hydrogen) atoms. The van der Waals surface area contributed by atoms with Gasteiger partial charge in [0.25, 0.3) is 0 Å². The van der Waals surface area contributed by atoms with Gasteiger partial charge in [0.2, 0.25) is 11.8 Å². The summed E-state index contributed by atoms with van der Waals surface area (Å²) in [6.45, 7) is 3.11. The van der Waals surface area contributed by atoms with Crippen molar-refractivity contribution in [3.8, 4) is 0 Å². The summed E-state index contributed by atoms with van der Waals surface area (Å²) in [7, 11) is 1.49. The SMILES string of the molecule is COCOC(=O)CCCCCCNC(=O)CCCCCCCCCCNC(=O)CCCCCCC(C)=O. The van der Waals surface area contributed by atoms with Gasteiger partial charge in [0.05, 0.1) is 0 Å². The Morgan fingerprint density at radius 3 is 1.32 bits per heavy atom. The number of amides is 2. The van der Waals surface area contributed by atoms with Gasteiger partial charge in [0, 0.05) is 45.9 Å². The molecular weight excluding hydrogens is 472 g/mol. The van der Waals surface area contributed by atoms with Gasteiger partial charge in [-0.1, -0.05) is 64.2 Å². The Kier molecular flexibility index (Phi) is 25.7. The summed E-state index contributed by atoms with van der Waals surface area (Å²) in [6, 6.07) is 0. The number of Topliss-reactive ketones (excluding diaryl/α,β-unsaturated/α-hetero) is 1. The van der Waals surface area contributed by atoms with E-state index in [1.54, 1.807) is 6.92 Å². The molecule has 0 rings (SSSR count). The maximum Gasteiger partial charge on any atom is 0.307 e. The molecule has 2 amide bonds. The predicted molar refractivity (Wildman–Crippen MR) is 147 cm³/mol. The van der Waals surface area contributed by atoms with Crippen LogP contribution in [0.2, 0.25) is 0 Å². The van der Waals surface area contributed by atoms with Gasteiger partial charge in [-0.25, -0.2) is 0 Å². The number of carbonyl (C=O) groups is 4. The molecule has 0 fully saturated rings. The monoisotopic (exact) mass is 526 g/mol. The van der Waals surface area contributed by atoms with E-state index in [-0.39, 0.29) is 30.4 Å². The lowest BCUT2D eigenvalue weighted by Gasteiger charge is -2.06. The van der Waals surface area contributed by atoms with Crippen LogP contribution in [0.25, 0.3) is 0 Å². The van der Waals surface area contributed by atoms with Crippen LogP contribution in [-0.4, -0.2) is 50.6 Å². The quantitative estimate of drug-likeness (QED) is 0.0800. The molecule has 0 aliphatic carbocycles. The van der Waals surface area contributed by atoms with Crippen LogP contribution in [0.4, 0.5) is 0 Å². The smallest absolute Gasteiger partial charge is 0.307 e. The van der Waals surface area contributed by atoms with Crippen molar-refractivity contribution in [3.63, 3.8) is 0 Å². The third-order valence-electron chi connectivity index (χ3n) is 6.30. The molecule has 0 bridgehead atoms. The second-order valence-corrected chi connectivity index (χ2v) is 9.98. The van der Waals surface area contributed by atoms with Gasteiger partial charge in [0.15, 0.2) is 6.79 Å². The van der Waals surface area contributed by atoms with Crippen LogP contribution in [0, 0.1) is 0 Å². The number of unbranched alkanes of at least 4 members (excludes halogenated alkanes) is 13. The lowest BCUT2D eigenvalue weighted by Crippen LogP contribution is -2.24. The highest BCUT2D eigenvalue weighted by atomic mass is 16.7. The lowest BCUT2D eigenvalue weighted by molar-refractivity contribution is -0.154. The molecule has 0 aromatic rings. The van der Waals surface area contributed by atoms with E-state index in [2.05, 4.69) is 15.4 Å². The fourth-order valence-corrected chi connectivity index (χ4v) is 4.06. The van der Waals surface area contributed by atoms with E-state index in [1.807, 2.05) is 0 Å². The molecule has 8 nitrogen and oxygen atoms in total. The summed E-state index contributed by atoms with van der Waals surface area (Å²) in [4.78, 5) is 45.9. The molecule has 0 spiro atoms. The minimum atomic E-state index is -0.225. The standard InChI is InChI=1S/C29H54N2O6/c1-26(32)19-13-8-9-15-21-28(34)30-23-17-11-6-4-3-5-7-14-20-27(33)31-24-18-12-10-16-22-29(35)37-25-36-2/h3-25H2,1-2H3,(H,30,34)(H,31,33). The molecule has 0 radical (unpaired) electrons. The van der Waals surface area contributed by atoms with Gasteiger partial charge in [-0.15, -0.1) is 0 Å². The molecule has 216 valence electrons. The Labute approximate surface area is 225 Å². The number of hydrogen-bond acceptors (Lipinski definition) is 6. The zero-order valence-electron chi connectivity index (χ0n) is 23.7. The van der Waals surface area contributed by atoms with Gasteiger partial charge in [0.1, 0.15) is 5.78 Å². The van der Waals surface area contributed by atoms with Gasteiger partial charge in [-0.05, 0) is 45.4 Å². The molecule has 0 saturated heterocycles. The Bertz CT molecular complexity index is 597. The Hall–Kier alpha value is -1.96. The first-order valence-corrected chi connectivity index (χ1v) is 14.6. The average molecular weight is 527 g/mol. The van der Waals surface area contributed by atoms with E-state index < -0.39 is 0 Å². The van der Waals surface area contributed by atoms with E-state index in [1.165, 1.54) is 32.8 Å². The first-order chi connectivity index (χ1) is 18.0. The Balaban J connectivity index is 3.29. The zero-order chi connectivity index (χ0) is 27.4. The zero-order valence-corrected chi connectivity index (χ0v) is 23.7. The van der Waals surface area contributed by atoms with Crippen LogP contribution in [0.15, 0.2) is 0 Å². The minimum Gasteiger partial charge on any atom is -0.438 e. The van der Waals surface area contributed by atoms with Crippen molar-refractivity contribution >= 4 is 23.6 Å². The van der Waals surface area contributed by atoms with Crippen molar-refractivity contribution in [3.05, 3.63) is 0 Å². The first kappa shape index (κ1) is 35.0. The molecule has 0 atom stereocenters. The van der Waals surface area contributed by atoms with E-state index in [0.29, 0.717) is 32.2 Å². The molecular formula is C29H54N2O6. The molecule has 0 aromatic carbocycles. The van der Waals surface area contributed by atoms with Gasteiger partial charge in [-0.2, -0.15) is 0 Å². The van der Waals surface area contributed by atoms with Crippen LogP contribution in [0.5, 0.6) is 0 Å². The molecule has 0 unspecified atom stereocenters. The second kappa shape index (κ2) is 27.1. The molecule has 8 heteroatoms. The van der Waals surface area contributed by atoms with Crippen molar-refractivity contribution < 1.29 is 28.7 Å². The largest absolute Gasteiger partial charge is 0.438 e. The summed E-state index contributed by atoms with van der Waals surface area (Å²) in [5, 5.41) is 5.99. The van der Waals surface area contributed by atoms with E-state index in [9.17, 15) is 19.2 Å². The Morgan fingerprint density at radius 2 is 0.892 bits per heavy atom. The maximum atomic E-state index is 11.9. The fourth-order valence-electron chi connectivity index (χ4n) is 4.06. The summed E-state index contributed by atoms with van der Waals surface area (Å²) >= 11 is 0. The number of ether oxygens (including phenoxy) is 2. The fraction of sp³-hybridized carbons (Fsp3) is 0.862. The lowest BCUT2D eigenvalue weighted by atomic mass is 10.1. The van der Waals surface area contributed by atoms with Gasteiger partial charge in [-0.3, -0.25) is 14.4 Å². The third kappa shape index (κ3) is 28.5. The second-order valence-electron chi connectivity index (χ2n) is 9.98. The van der Waals surface area contributed by atoms with Crippen molar-refractivity contribution in [1.82, 2.24) is 10.6 Å². The van der Waals surface area contributed by atoms with Crippen molar-refractivity contribution in [2.45, 2.75) is 135 Å². The number of esters is 1. The normalized spacial score (nSPS) is 10.8.